The van der Waals surface area contributed by atoms with Crippen LogP contribution in [0.25, 0.3) is 27.6 Å². The van der Waals surface area contributed by atoms with Crippen LogP contribution in [-0.2, 0) is 0 Å². The van der Waals surface area contributed by atoms with Gasteiger partial charge in [0.05, 0.1) is 0 Å². The lowest BCUT2D eigenvalue weighted by Gasteiger charge is -2.22. The molecule has 1 aliphatic rings. The van der Waals surface area contributed by atoms with Gasteiger partial charge in [-0.15, -0.1) is 0 Å². The second-order valence-electron chi connectivity index (χ2n) is 7.04. The summed E-state index contributed by atoms with van der Waals surface area (Å²) >= 11 is 0. The molecule has 128 valence electrons. The first-order chi connectivity index (χ1) is 12.3. The third-order valence-corrected chi connectivity index (χ3v) is 5.28. The van der Waals surface area contributed by atoms with Crippen LogP contribution in [0.1, 0.15) is 37.7 Å². The fraction of sp³-hybridized carbons (Fsp3) is 0.304. The first-order valence-electron chi connectivity index (χ1n) is 9.31. The molecule has 0 spiro atoms. The quantitative estimate of drug-likeness (QED) is 0.558. The van der Waals surface area contributed by atoms with Gasteiger partial charge < -0.3 is 5.32 Å². The summed E-state index contributed by atoms with van der Waals surface area (Å²) in [5, 5.41) is 7.91. The molecule has 25 heavy (non-hydrogen) atoms. The Balaban J connectivity index is 1.68. The largest absolute Gasteiger partial charge is 0.308 e. The fourth-order valence-corrected chi connectivity index (χ4v) is 3.96. The molecule has 2 heteroatoms. The van der Waals surface area contributed by atoms with Gasteiger partial charge in [-0.1, -0.05) is 67.8 Å². The lowest BCUT2D eigenvalue weighted by Crippen LogP contribution is -2.31. The number of hydrogen-bond acceptors (Lipinski definition) is 1. The molecule has 0 saturated heterocycles. The van der Waals surface area contributed by atoms with Crippen LogP contribution in [0.15, 0.2) is 60.4 Å². The summed E-state index contributed by atoms with van der Waals surface area (Å²) in [5.74, 6) is -0.0907. The molecule has 0 radical (unpaired) electrons. The first-order valence-corrected chi connectivity index (χ1v) is 9.31. The van der Waals surface area contributed by atoms with Crippen LogP contribution in [-0.4, -0.2) is 12.6 Å². The number of halogens is 1. The molecule has 0 aromatic heterocycles. The number of nitrogens with one attached hydrogen (secondary N) is 1. The van der Waals surface area contributed by atoms with E-state index in [4.69, 9.17) is 0 Å². The van der Waals surface area contributed by atoms with Gasteiger partial charge in [0.2, 0.25) is 0 Å². The predicted octanol–water partition coefficient (Wildman–Crippen LogP) is 6.23. The van der Waals surface area contributed by atoms with Gasteiger partial charge in [-0.2, -0.15) is 0 Å². The zero-order valence-electron chi connectivity index (χ0n) is 14.5. The van der Waals surface area contributed by atoms with Gasteiger partial charge in [-0.3, -0.25) is 0 Å². The SMILES string of the molecule is F/C(=C\c1c2ccccc2cc2ccccc12)CNC1CCCCC1. The minimum absolute atomic E-state index is 0.0907. The van der Waals surface area contributed by atoms with Crippen molar-refractivity contribution in [3.63, 3.8) is 0 Å². The molecule has 4 rings (SSSR count). The van der Waals surface area contributed by atoms with E-state index in [1.165, 1.54) is 32.1 Å². The second-order valence-corrected chi connectivity index (χ2v) is 7.04. The molecule has 0 amide bonds. The topological polar surface area (TPSA) is 12.0 Å². The Morgan fingerprint density at radius 2 is 1.52 bits per heavy atom. The van der Waals surface area contributed by atoms with E-state index >= 15 is 0 Å². The molecular weight excluding hydrogens is 309 g/mol. The molecule has 0 aliphatic heterocycles. The second kappa shape index (κ2) is 7.37. The minimum atomic E-state index is -0.0907. The van der Waals surface area contributed by atoms with Crippen molar-refractivity contribution in [1.29, 1.82) is 0 Å². The molecule has 1 saturated carbocycles. The molecule has 0 bridgehead atoms. The molecule has 1 nitrogen and oxygen atoms in total. The monoisotopic (exact) mass is 333 g/mol. The zero-order chi connectivity index (χ0) is 17.1. The van der Waals surface area contributed by atoms with Crippen LogP contribution < -0.4 is 5.32 Å². The smallest absolute Gasteiger partial charge is 0.114 e. The van der Waals surface area contributed by atoms with Crippen LogP contribution >= 0.6 is 0 Å². The maximum absolute atomic E-state index is 14.7. The van der Waals surface area contributed by atoms with Crippen molar-refractivity contribution in [2.45, 2.75) is 38.1 Å². The molecule has 0 atom stereocenters. The van der Waals surface area contributed by atoms with Gasteiger partial charge in [-0.25, -0.2) is 4.39 Å². The average Bonchev–Trinajstić information content (AvgIpc) is 2.67. The number of hydrogen-bond donors (Lipinski definition) is 1. The number of fused-ring (bicyclic) bond motifs is 2. The Morgan fingerprint density at radius 1 is 0.920 bits per heavy atom. The van der Waals surface area contributed by atoms with E-state index in [9.17, 15) is 4.39 Å². The summed E-state index contributed by atoms with van der Waals surface area (Å²) in [4.78, 5) is 0. The molecule has 3 aromatic carbocycles. The third-order valence-electron chi connectivity index (χ3n) is 5.28. The molecule has 1 N–H and O–H groups in total. The highest BCUT2D eigenvalue weighted by Crippen LogP contribution is 2.30. The highest BCUT2D eigenvalue weighted by atomic mass is 19.1. The third kappa shape index (κ3) is 3.59. The Kier molecular flexibility index (Phi) is 4.80. The van der Waals surface area contributed by atoms with Crippen molar-refractivity contribution in [3.05, 3.63) is 66.0 Å². The van der Waals surface area contributed by atoms with E-state index in [0.717, 1.165) is 27.1 Å². The maximum Gasteiger partial charge on any atom is 0.114 e. The summed E-state index contributed by atoms with van der Waals surface area (Å²) < 4.78 is 14.7. The molecule has 0 unspecified atom stereocenters. The zero-order valence-corrected chi connectivity index (χ0v) is 14.5. The maximum atomic E-state index is 14.7. The van der Waals surface area contributed by atoms with Crippen molar-refractivity contribution in [3.8, 4) is 0 Å². The highest BCUT2D eigenvalue weighted by molar-refractivity contribution is 6.06. The van der Waals surface area contributed by atoms with Crippen molar-refractivity contribution in [2.75, 3.05) is 6.54 Å². The number of rotatable bonds is 4. The van der Waals surface area contributed by atoms with E-state index in [1.807, 2.05) is 24.3 Å². The number of benzene rings is 3. The normalized spacial score (nSPS) is 16.6. The van der Waals surface area contributed by atoms with Gasteiger partial charge in [0.25, 0.3) is 0 Å². The van der Waals surface area contributed by atoms with Gasteiger partial charge in [0, 0.05) is 12.6 Å². The average molecular weight is 333 g/mol. The van der Waals surface area contributed by atoms with E-state index in [2.05, 4.69) is 35.6 Å². The molecule has 0 heterocycles. The highest BCUT2D eigenvalue weighted by Gasteiger charge is 2.13. The van der Waals surface area contributed by atoms with Crippen LogP contribution in [0.4, 0.5) is 4.39 Å². The van der Waals surface area contributed by atoms with Crippen molar-refractivity contribution >= 4 is 27.6 Å². The summed E-state index contributed by atoms with van der Waals surface area (Å²) in [6.45, 7) is 0.322. The Labute approximate surface area is 148 Å². The van der Waals surface area contributed by atoms with Gasteiger partial charge in [0.15, 0.2) is 0 Å². The summed E-state index contributed by atoms with van der Waals surface area (Å²) in [6, 6.07) is 19.1. The van der Waals surface area contributed by atoms with Gasteiger partial charge in [-0.05, 0) is 52.1 Å². The van der Waals surface area contributed by atoms with Crippen molar-refractivity contribution in [2.24, 2.45) is 0 Å². The predicted molar refractivity (Wildman–Crippen MR) is 105 cm³/mol. The van der Waals surface area contributed by atoms with Gasteiger partial charge in [0.1, 0.15) is 5.83 Å². The first kappa shape index (κ1) is 16.3. The van der Waals surface area contributed by atoms with E-state index in [1.54, 1.807) is 6.08 Å². The lowest BCUT2D eigenvalue weighted by atomic mass is 9.95. The summed E-state index contributed by atoms with van der Waals surface area (Å²) in [6.07, 6.45) is 7.90. The van der Waals surface area contributed by atoms with Gasteiger partial charge >= 0.3 is 0 Å². The lowest BCUT2D eigenvalue weighted by molar-refractivity contribution is 0.374. The van der Waals surface area contributed by atoms with E-state index in [-0.39, 0.29) is 5.83 Å². The van der Waals surface area contributed by atoms with E-state index < -0.39 is 0 Å². The summed E-state index contributed by atoms with van der Waals surface area (Å²) in [5.41, 5.74) is 0.983. The van der Waals surface area contributed by atoms with Crippen LogP contribution in [0.2, 0.25) is 0 Å². The van der Waals surface area contributed by atoms with Crippen LogP contribution in [0.3, 0.4) is 0 Å². The standard InChI is InChI=1S/C23H24FN/c24-19(16-25-20-10-2-1-3-11-20)15-23-21-12-6-4-8-17(21)14-18-9-5-7-13-22(18)23/h4-9,12-15,20,25H,1-3,10-11,16H2/b19-15-. The fourth-order valence-electron chi connectivity index (χ4n) is 3.96. The molecular formula is C23H24FN. The Bertz CT molecular complexity index is 852. The minimum Gasteiger partial charge on any atom is -0.308 e. The Hall–Kier alpha value is -2.19. The molecule has 3 aromatic rings. The Morgan fingerprint density at radius 3 is 2.16 bits per heavy atom. The molecule has 1 aliphatic carbocycles. The van der Waals surface area contributed by atoms with Crippen LogP contribution in [0.5, 0.6) is 0 Å². The van der Waals surface area contributed by atoms with Crippen molar-refractivity contribution < 1.29 is 4.39 Å². The van der Waals surface area contributed by atoms with E-state index in [0.29, 0.717) is 12.6 Å². The van der Waals surface area contributed by atoms with Crippen LogP contribution in [0, 0.1) is 0 Å². The molecule has 1 fully saturated rings. The summed E-state index contributed by atoms with van der Waals surface area (Å²) in [7, 11) is 0. The van der Waals surface area contributed by atoms with Crippen molar-refractivity contribution in [1.82, 2.24) is 5.32 Å².